The largest absolute Gasteiger partial charge is 0.435 e. The fourth-order valence-corrected chi connectivity index (χ4v) is 6.78. The Bertz CT molecular complexity index is 1110. The molecule has 2 aliphatic heterocycles. The molecule has 3 aliphatic rings. The number of carbonyl (C=O) groups is 1. The van der Waals surface area contributed by atoms with Crippen LogP contribution in [0.15, 0.2) is 24.3 Å². The fraction of sp³-hybridized carbons (Fsp3) is 0.600. The standard InChI is InChI=1S/C25H29F4N3O3S/c1-24(7-10-36-14-24)30-22(33)16-12-19-20(25(28,29)13-16)21(31-32(19)17-5-8-34-9-6-17)15-3-2-4-18(11-15)35-23(26)27/h2-4,11,16-17,23H,5-10,12-14H2,1H3,(H,30,33). The van der Waals surface area contributed by atoms with Gasteiger partial charge in [0.2, 0.25) is 5.91 Å². The van der Waals surface area contributed by atoms with E-state index >= 15 is 8.78 Å². The average molecular weight is 528 g/mol. The van der Waals surface area contributed by atoms with Crippen LogP contribution < -0.4 is 10.1 Å². The number of thioether (sulfide) groups is 1. The number of halogens is 4. The Morgan fingerprint density at radius 2 is 2.08 bits per heavy atom. The molecule has 5 rings (SSSR count). The molecule has 0 saturated carbocycles. The maximum Gasteiger partial charge on any atom is 0.387 e. The molecule has 2 atom stereocenters. The van der Waals surface area contributed by atoms with Gasteiger partial charge in [0.15, 0.2) is 0 Å². The molecule has 0 spiro atoms. The van der Waals surface area contributed by atoms with Gasteiger partial charge >= 0.3 is 6.61 Å². The highest BCUT2D eigenvalue weighted by Gasteiger charge is 2.49. The molecule has 36 heavy (non-hydrogen) atoms. The second-order valence-electron chi connectivity index (χ2n) is 10.0. The first kappa shape index (κ1) is 25.4. The number of benzene rings is 1. The molecule has 1 aromatic heterocycles. The van der Waals surface area contributed by atoms with Crippen LogP contribution in [0.1, 0.15) is 49.9 Å². The van der Waals surface area contributed by atoms with Crippen molar-refractivity contribution in [1.82, 2.24) is 15.1 Å². The Balaban J connectivity index is 1.54. The van der Waals surface area contributed by atoms with E-state index in [0.717, 1.165) is 17.9 Å². The molecule has 3 heterocycles. The summed E-state index contributed by atoms with van der Waals surface area (Å²) in [6, 6.07) is 5.53. The Hall–Kier alpha value is -2.27. The number of aromatic nitrogens is 2. The third-order valence-corrected chi connectivity index (χ3v) is 8.54. The third kappa shape index (κ3) is 5.09. The normalized spacial score (nSPS) is 26.1. The van der Waals surface area contributed by atoms with Crippen LogP contribution >= 0.6 is 11.8 Å². The van der Waals surface area contributed by atoms with Crippen LogP contribution in [0.25, 0.3) is 11.3 Å². The molecule has 1 aromatic carbocycles. The van der Waals surface area contributed by atoms with Crippen molar-refractivity contribution < 1.29 is 31.8 Å². The number of nitrogens with zero attached hydrogens (tertiary/aromatic N) is 2. The molecule has 0 bridgehead atoms. The first-order valence-electron chi connectivity index (χ1n) is 12.2. The summed E-state index contributed by atoms with van der Waals surface area (Å²) in [7, 11) is 0. The van der Waals surface area contributed by atoms with Crippen LogP contribution in [0, 0.1) is 5.92 Å². The number of alkyl halides is 4. The molecule has 196 valence electrons. The minimum atomic E-state index is -3.32. The first-order valence-corrected chi connectivity index (χ1v) is 13.3. The summed E-state index contributed by atoms with van der Waals surface area (Å²) >= 11 is 1.74. The van der Waals surface area contributed by atoms with Gasteiger partial charge in [-0.15, -0.1) is 0 Å². The number of amides is 1. The molecule has 11 heteroatoms. The van der Waals surface area contributed by atoms with Crippen molar-refractivity contribution in [3.05, 3.63) is 35.5 Å². The van der Waals surface area contributed by atoms with Crippen molar-refractivity contribution in [3.63, 3.8) is 0 Å². The molecular formula is C25H29F4N3O3S. The van der Waals surface area contributed by atoms with Gasteiger partial charge in [-0.05, 0) is 44.1 Å². The van der Waals surface area contributed by atoms with E-state index in [1.807, 2.05) is 6.92 Å². The number of fused-ring (bicyclic) bond motifs is 1. The van der Waals surface area contributed by atoms with Crippen LogP contribution in [0.4, 0.5) is 17.6 Å². The molecule has 0 radical (unpaired) electrons. The summed E-state index contributed by atoms with van der Waals surface area (Å²) < 4.78 is 68.8. The Morgan fingerprint density at radius 3 is 2.78 bits per heavy atom. The van der Waals surface area contributed by atoms with E-state index in [0.29, 0.717) is 31.7 Å². The van der Waals surface area contributed by atoms with Crippen molar-refractivity contribution in [2.75, 3.05) is 24.7 Å². The quantitative estimate of drug-likeness (QED) is 0.526. The monoisotopic (exact) mass is 527 g/mol. The van der Waals surface area contributed by atoms with Crippen LogP contribution in [-0.4, -0.2) is 52.6 Å². The lowest BCUT2D eigenvalue weighted by molar-refractivity contribution is -0.131. The molecule has 2 aromatic rings. The minimum absolute atomic E-state index is 0.0409. The van der Waals surface area contributed by atoms with Gasteiger partial charge in [-0.1, -0.05) is 12.1 Å². The van der Waals surface area contributed by atoms with E-state index in [4.69, 9.17) is 4.74 Å². The summed E-state index contributed by atoms with van der Waals surface area (Å²) in [5.41, 5.74) is 0.0241. The number of nitrogens with one attached hydrogen (secondary N) is 1. The minimum Gasteiger partial charge on any atom is -0.435 e. The van der Waals surface area contributed by atoms with Gasteiger partial charge < -0.3 is 14.8 Å². The zero-order valence-electron chi connectivity index (χ0n) is 19.9. The van der Waals surface area contributed by atoms with Crippen LogP contribution in [0.3, 0.4) is 0 Å². The highest BCUT2D eigenvalue weighted by atomic mass is 32.2. The Kier molecular flexibility index (Phi) is 6.97. The second kappa shape index (κ2) is 9.89. The topological polar surface area (TPSA) is 65.4 Å². The average Bonchev–Trinajstić information content (AvgIpc) is 3.43. The molecular weight excluding hydrogens is 498 g/mol. The number of rotatable bonds is 6. The van der Waals surface area contributed by atoms with Crippen LogP contribution in [0.2, 0.25) is 0 Å². The molecule has 2 saturated heterocycles. The lowest BCUT2D eigenvalue weighted by atomic mass is 9.81. The van der Waals surface area contributed by atoms with Crippen molar-refractivity contribution in [1.29, 1.82) is 0 Å². The van der Waals surface area contributed by atoms with E-state index in [1.54, 1.807) is 22.5 Å². The smallest absolute Gasteiger partial charge is 0.387 e. The van der Waals surface area contributed by atoms with Gasteiger partial charge in [-0.3, -0.25) is 9.48 Å². The van der Waals surface area contributed by atoms with E-state index in [9.17, 15) is 13.6 Å². The van der Waals surface area contributed by atoms with Gasteiger partial charge in [0.05, 0.1) is 11.6 Å². The molecule has 1 N–H and O–H groups in total. The first-order chi connectivity index (χ1) is 17.2. The zero-order valence-corrected chi connectivity index (χ0v) is 20.8. The second-order valence-corrected chi connectivity index (χ2v) is 11.1. The van der Waals surface area contributed by atoms with Crippen molar-refractivity contribution >= 4 is 17.7 Å². The highest BCUT2D eigenvalue weighted by Crippen LogP contribution is 2.48. The van der Waals surface area contributed by atoms with Gasteiger partial charge in [-0.2, -0.15) is 25.6 Å². The molecule has 2 fully saturated rings. The van der Waals surface area contributed by atoms with Crippen LogP contribution in [0.5, 0.6) is 5.75 Å². The predicted molar refractivity (Wildman–Crippen MR) is 128 cm³/mol. The molecule has 1 amide bonds. The van der Waals surface area contributed by atoms with Crippen LogP contribution in [-0.2, 0) is 21.9 Å². The van der Waals surface area contributed by atoms with E-state index in [-0.39, 0.29) is 40.9 Å². The summed E-state index contributed by atoms with van der Waals surface area (Å²) in [5.74, 6) is -3.02. The lowest BCUT2D eigenvalue weighted by Crippen LogP contribution is -2.50. The van der Waals surface area contributed by atoms with E-state index in [2.05, 4.69) is 15.2 Å². The Morgan fingerprint density at radius 1 is 1.31 bits per heavy atom. The van der Waals surface area contributed by atoms with Crippen molar-refractivity contribution in [2.24, 2.45) is 5.92 Å². The number of ether oxygens (including phenoxy) is 2. The van der Waals surface area contributed by atoms with Gasteiger partial charge in [0.1, 0.15) is 11.4 Å². The van der Waals surface area contributed by atoms with Gasteiger partial charge in [0.25, 0.3) is 5.92 Å². The SMILES string of the molecule is CC1(NC(=O)C2Cc3c(c(-c4cccc(OC(F)F)c4)nn3C3CCOCC3)C(F)(F)C2)CCSC1. The molecule has 1 aliphatic carbocycles. The predicted octanol–water partition coefficient (Wildman–Crippen LogP) is 5.17. The van der Waals surface area contributed by atoms with Crippen molar-refractivity contribution in [3.8, 4) is 17.0 Å². The maximum atomic E-state index is 15.8. The summed E-state index contributed by atoms with van der Waals surface area (Å²) in [6.45, 7) is -0.101. The summed E-state index contributed by atoms with van der Waals surface area (Å²) in [4.78, 5) is 13.2. The highest BCUT2D eigenvalue weighted by molar-refractivity contribution is 7.99. The lowest BCUT2D eigenvalue weighted by Gasteiger charge is -2.33. The van der Waals surface area contributed by atoms with E-state index < -0.39 is 30.4 Å². The number of carbonyl (C=O) groups excluding carboxylic acids is 1. The summed E-state index contributed by atoms with van der Waals surface area (Å²) in [6.07, 6.45) is 1.53. The number of hydrogen-bond donors (Lipinski definition) is 1. The van der Waals surface area contributed by atoms with E-state index in [1.165, 1.54) is 18.2 Å². The molecule has 2 unspecified atom stereocenters. The summed E-state index contributed by atoms with van der Waals surface area (Å²) in [5, 5.41) is 7.64. The van der Waals surface area contributed by atoms with Crippen molar-refractivity contribution in [2.45, 2.75) is 63.1 Å². The zero-order chi connectivity index (χ0) is 25.5. The van der Waals surface area contributed by atoms with Gasteiger partial charge in [0, 0.05) is 54.5 Å². The Labute approximate surface area is 211 Å². The fourth-order valence-electron chi connectivity index (χ4n) is 5.37. The maximum absolute atomic E-state index is 15.8. The van der Waals surface area contributed by atoms with Gasteiger partial charge in [-0.25, -0.2) is 8.78 Å². The number of hydrogen-bond acceptors (Lipinski definition) is 5. The molecule has 6 nitrogen and oxygen atoms in total. The third-order valence-electron chi connectivity index (χ3n) is 7.20.